The zero-order valence-corrected chi connectivity index (χ0v) is 15.4. The Morgan fingerprint density at radius 3 is 2.44 bits per heavy atom. The average molecular weight is 387 g/mol. The molecule has 0 saturated carbocycles. The summed E-state index contributed by atoms with van der Waals surface area (Å²) in [5.41, 5.74) is 0.317. The average Bonchev–Trinajstić information content (AvgIpc) is 3.01. The van der Waals surface area contributed by atoms with Crippen molar-refractivity contribution in [1.82, 2.24) is 9.80 Å². The van der Waals surface area contributed by atoms with Crippen molar-refractivity contribution < 1.29 is 19.5 Å². The smallest absolute Gasteiger partial charge is 0.323 e. The van der Waals surface area contributed by atoms with E-state index in [1.807, 2.05) is 6.92 Å². The van der Waals surface area contributed by atoms with Crippen LogP contribution in [0.15, 0.2) is 18.2 Å². The number of carbonyl (C=O) groups is 3. The van der Waals surface area contributed by atoms with Crippen molar-refractivity contribution in [3.8, 4) is 0 Å². The molecule has 0 aromatic heterocycles. The third kappa shape index (κ3) is 4.86. The van der Waals surface area contributed by atoms with E-state index in [-0.39, 0.29) is 18.4 Å². The quantitative estimate of drug-likeness (QED) is 0.814. The Morgan fingerprint density at radius 2 is 1.88 bits per heavy atom. The van der Waals surface area contributed by atoms with E-state index in [0.717, 1.165) is 0 Å². The Labute approximate surface area is 156 Å². The molecule has 1 atom stereocenters. The summed E-state index contributed by atoms with van der Waals surface area (Å²) in [6.45, 7) is 2.28. The van der Waals surface area contributed by atoms with Gasteiger partial charge in [0, 0.05) is 28.7 Å². The van der Waals surface area contributed by atoms with E-state index in [1.165, 1.54) is 28.0 Å². The van der Waals surface area contributed by atoms with E-state index in [2.05, 4.69) is 0 Å². The molecule has 0 aliphatic carbocycles. The summed E-state index contributed by atoms with van der Waals surface area (Å²) in [5.74, 6) is -1.73. The molecule has 136 valence electrons. The van der Waals surface area contributed by atoms with Gasteiger partial charge in [0.15, 0.2) is 0 Å². The van der Waals surface area contributed by atoms with Crippen LogP contribution >= 0.6 is 23.2 Å². The third-order valence-corrected chi connectivity index (χ3v) is 4.48. The number of aliphatic carboxylic acids is 1. The number of likely N-dealkylation sites (tertiary alicyclic amines) is 1. The maximum Gasteiger partial charge on any atom is 0.323 e. The second-order valence-corrected chi connectivity index (χ2v) is 6.84. The maximum atomic E-state index is 12.8. The molecular weight excluding hydrogens is 367 g/mol. The van der Waals surface area contributed by atoms with E-state index < -0.39 is 12.0 Å². The lowest BCUT2D eigenvalue weighted by atomic mass is 10.1. The first-order valence-corrected chi connectivity index (χ1v) is 8.86. The minimum absolute atomic E-state index is 0.317. The Morgan fingerprint density at radius 1 is 1.24 bits per heavy atom. The number of benzene rings is 1. The number of carbonyl (C=O) groups excluding carboxylic acids is 2. The van der Waals surface area contributed by atoms with E-state index in [9.17, 15) is 14.4 Å². The van der Waals surface area contributed by atoms with E-state index >= 15 is 0 Å². The van der Waals surface area contributed by atoms with Crippen molar-refractivity contribution in [3.05, 3.63) is 33.8 Å². The van der Waals surface area contributed by atoms with Crippen molar-refractivity contribution in [2.75, 3.05) is 19.6 Å². The predicted octanol–water partition coefficient (Wildman–Crippen LogP) is 2.92. The molecule has 1 heterocycles. The highest BCUT2D eigenvalue weighted by atomic mass is 35.5. The molecule has 1 saturated heterocycles. The van der Waals surface area contributed by atoms with Crippen LogP contribution in [0, 0.1) is 0 Å². The van der Waals surface area contributed by atoms with Crippen LogP contribution in [0.2, 0.25) is 10.0 Å². The number of halogens is 2. The van der Waals surface area contributed by atoms with Gasteiger partial charge in [-0.05, 0) is 37.5 Å². The van der Waals surface area contributed by atoms with Crippen LogP contribution in [0.4, 0.5) is 0 Å². The molecule has 0 radical (unpaired) electrons. The minimum Gasteiger partial charge on any atom is -0.480 e. The van der Waals surface area contributed by atoms with E-state index in [0.29, 0.717) is 48.0 Å². The second-order valence-electron chi connectivity index (χ2n) is 5.97. The lowest BCUT2D eigenvalue weighted by Gasteiger charge is -2.29. The molecule has 2 amide bonds. The predicted molar refractivity (Wildman–Crippen MR) is 95.0 cm³/mol. The monoisotopic (exact) mass is 386 g/mol. The number of carboxylic acid groups (broad SMARTS) is 1. The van der Waals surface area contributed by atoms with Gasteiger partial charge in [0.2, 0.25) is 5.91 Å². The fraction of sp³-hybridized carbons (Fsp3) is 0.471. The van der Waals surface area contributed by atoms with Gasteiger partial charge in [-0.2, -0.15) is 0 Å². The molecule has 6 nitrogen and oxygen atoms in total. The SMILES string of the molecule is CCCN(CC(=O)O)C(=O)C1CCCN1C(=O)c1cc(Cl)cc(Cl)c1. The number of hydrogen-bond donors (Lipinski definition) is 1. The molecule has 2 rings (SSSR count). The summed E-state index contributed by atoms with van der Waals surface area (Å²) in [6, 6.07) is 3.89. The van der Waals surface area contributed by atoms with Crippen LogP contribution in [-0.2, 0) is 9.59 Å². The summed E-state index contributed by atoms with van der Waals surface area (Å²) >= 11 is 11.9. The van der Waals surface area contributed by atoms with Gasteiger partial charge in [0.25, 0.3) is 5.91 Å². The van der Waals surface area contributed by atoms with Crippen molar-refractivity contribution in [3.63, 3.8) is 0 Å². The van der Waals surface area contributed by atoms with Crippen molar-refractivity contribution in [2.45, 2.75) is 32.2 Å². The molecular formula is C17H20Cl2N2O4. The van der Waals surface area contributed by atoms with Crippen LogP contribution < -0.4 is 0 Å². The zero-order chi connectivity index (χ0) is 18.6. The summed E-state index contributed by atoms with van der Waals surface area (Å²) in [4.78, 5) is 39.3. The van der Waals surface area contributed by atoms with Gasteiger partial charge in [-0.25, -0.2) is 0 Å². The number of carboxylic acids is 1. The van der Waals surface area contributed by atoms with Crippen LogP contribution in [-0.4, -0.2) is 58.4 Å². The lowest BCUT2D eigenvalue weighted by molar-refractivity contribution is -0.146. The fourth-order valence-corrected chi connectivity index (χ4v) is 3.55. The van der Waals surface area contributed by atoms with Gasteiger partial charge >= 0.3 is 5.97 Å². The third-order valence-electron chi connectivity index (χ3n) is 4.04. The van der Waals surface area contributed by atoms with Crippen LogP contribution in [0.5, 0.6) is 0 Å². The van der Waals surface area contributed by atoms with Gasteiger partial charge < -0.3 is 14.9 Å². The normalized spacial score (nSPS) is 16.8. The lowest BCUT2D eigenvalue weighted by Crippen LogP contribution is -2.49. The van der Waals surface area contributed by atoms with Crippen LogP contribution in [0.3, 0.4) is 0 Å². The highest BCUT2D eigenvalue weighted by Crippen LogP contribution is 2.25. The van der Waals surface area contributed by atoms with Gasteiger partial charge in [-0.1, -0.05) is 30.1 Å². The van der Waals surface area contributed by atoms with Crippen molar-refractivity contribution in [2.24, 2.45) is 0 Å². The van der Waals surface area contributed by atoms with Gasteiger partial charge in [0.05, 0.1) is 0 Å². The molecule has 1 aliphatic heterocycles. The molecule has 0 spiro atoms. The minimum atomic E-state index is -1.07. The molecule has 1 aromatic rings. The molecule has 8 heteroatoms. The Balaban J connectivity index is 2.21. The molecule has 25 heavy (non-hydrogen) atoms. The molecule has 1 fully saturated rings. The number of nitrogens with zero attached hydrogens (tertiary/aromatic N) is 2. The molecule has 0 bridgehead atoms. The topological polar surface area (TPSA) is 77.9 Å². The molecule has 1 aliphatic rings. The molecule has 1 unspecified atom stereocenters. The zero-order valence-electron chi connectivity index (χ0n) is 13.9. The second kappa shape index (κ2) is 8.54. The highest BCUT2D eigenvalue weighted by Gasteiger charge is 2.37. The number of amides is 2. The summed E-state index contributed by atoms with van der Waals surface area (Å²) < 4.78 is 0. The summed E-state index contributed by atoms with van der Waals surface area (Å²) in [6.07, 6.45) is 1.84. The Bertz CT molecular complexity index is 660. The van der Waals surface area contributed by atoms with E-state index in [1.54, 1.807) is 0 Å². The largest absolute Gasteiger partial charge is 0.480 e. The van der Waals surface area contributed by atoms with Gasteiger partial charge in [-0.3, -0.25) is 14.4 Å². The fourth-order valence-electron chi connectivity index (χ4n) is 3.02. The Hall–Kier alpha value is -1.79. The highest BCUT2D eigenvalue weighted by molar-refractivity contribution is 6.35. The van der Waals surface area contributed by atoms with Crippen LogP contribution in [0.1, 0.15) is 36.5 Å². The van der Waals surface area contributed by atoms with Crippen molar-refractivity contribution in [1.29, 1.82) is 0 Å². The summed E-state index contributed by atoms with van der Waals surface area (Å²) in [5, 5.41) is 9.70. The molecule has 1 aromatic carbocycles. The first-order valence-electron chi connectivity index (χ1n) is 8.11. The first kappa shape index (κ1) is 19.5. The first-order chi connectivity index (χ1) is 11.8. The van der Waals surface area contributed by atoms with Crippen LogP contribution in [0.25, 0.3) is 0 Å². The number of rotatable bonds is 6. The summed E-state index contributed by atoms with van der Waals surface area (Å²) in [7, 11) is 0. The van der Waals surface area contributed by atoms with Gasteiger partial charge in [0.1, 0.15) is 12.6 Å². The maximum absolute atomic E-state index is 12.8. The number of hydrogen-bond acceptors (Lipinski definition) is 3. The van der Waals surface area contributed by atoms with E-state index in [4.69, 9.17) is 28.3 Å². The van der Waals surface area contributed by atoms with Gasteiger partial charge in [-0.15, -0.1) is 0 Å². The van der Waals surface area contributed by atoms with Crippen molar-refractivity contribution >= 4 is 41.0 Å². The Kier molecular flexibility index (Phi) is 6.67. The molecule has 1 N–H and O–H groups in total. The standard InChI is InChI=1S/C17H20Cl2N2O4/c1-2-5-20(10-15(22)23)17(25)14-4-3-6-21(14)16(24)11-7-12(18)9-13(19)8-11/h7-9,14H,2-6,10H2,1H3,(H,22,23).